The predicted molar refractivity (Wildman–Crippen MR) is 104 cm³/mol. The van der Waals surface area contributed by atoms with Crippen molar-refractivity contribution in [3.8, 4) is 0 Å². The number of urea groups is 1. The highest BCUT2D eigenvalue weighted by molar-refractivity contribution is 7.99. The van der Waals surface area contributed by atoms with Crippen LogP contribution in [0.15, 0.2) is 29.2 Å². The highest BCUT2D eigenvalue weighted by Gasteiger charge is 2.51. The first-order valence-corrected chi connectivity index (χ1v) is 10.3. The molecule has 6 nitrogen and oxygen atoms in total. The van der Waals surface area contributed by atoms with Crippen LogP contribution in [0, 0.1) is 5.92 Å². The molecule has 4 rings (SSSR count). The molecule has 2 aromatic rings. The molecule has 138 valence electrons. The number of aryl methyl sites for hydroxylation is 1. The monoisotopic (exact) mass is 411 g/mol. The molecule has 1 saturated carbocycles. The average Bonchev–Trinajstić information content (AvgIpc) is 2.95. The second-order valence-electron chi connectivity index (χ2n) is 6.56. The Morgan fingerprint density at radius 2 is 2.15 bits per heavy atom. The number of fused-ring (bicyclic) bond motifs is 1. The number of para-hydroxylation sites is 1. The van der Waals surface area contributed by atoms with Crippen molar-refractivity contribution in [2.75, 3.05) is 11.1 Å². The van der Waals surface area contributed by atoms with E-state index in [0.29, 0.717) is 12.5 Å². The molecule has 0 radical (unpaired) electrons. The molecule has 2 N–H and O–H groups in total. The average molecular weight is 412 g/mol. The lowest BCUT2D eigenvalue weighted by molar-refractivity contribution is 0.251. The number of alkyl halides is 2. The van der Waals surface area contributed by atoms with Crippen molar-refractivity contribution in [2.45, 2.75) is 41.6 Å². The van der Waals surface area contributed by atoms with Gasteiger partial charge in [-0.1, -0.05) is 12.1 Å². The van der Waals surface area contributed by atoms with Gasteiger partial charge in [0, 0.05) is 29.5 Å². The summed E-state index contributed by atoms with van der Waals surface area (Å²) in [5, 5.41) is 14.1. The van der Waals surface area contributed by atoms with Gasteiger partial charge in [-0.05, 0) is 25.0 Å². The molecule has 26 heavy (non-hydrogen) atoms. The highest BCUT2D eigenvalue weighted by Crippen LogP contribution is 2.55. The van der Waals surface area contributed by atoms with Crippen LogP contribution >= 0.6 is 35.0 Å². The third kappa shape index (κ3) is 3.94. The molecule has 2 heterocycles. The van der Waals surface area contributed by atoms with Crippen molar-refractivity contribution < 1.29 is 4.79 Å². The molecule has 2 aliphatic rings. The Kier molecular flexibility index (Phi) is 5.03. The summed E-state index contributed by atoms with van der Waals surface area (Å²) in [5.41, 5.74) is 0.775. The number of carbonyl (C=O) groups excluding carboxylic acids is 1. The molecule has 1 aromatic heterocycles. The fourth-order valence-electron chi connectivity index (χ4n) is 3.00. The van der Waals surface area contributed by atoms with Crippen LogP contribution in [-0.2, 0) is 19.5 Å². The molecule has 9 heteroatoms. The normalized spacial score (nSPS) is 19.8. The third-order valence-electron chi connectivity index (χ3n) is 4.62. The number of benzene rings is 1. The quantitative estimate of drug-likeness (QED) is 0.559. The van der Waals surface area contributed by atoms with E-state index < -0.39 is 4.33 Å². The number of hydrogen-bond acceptors (Lipinski definition) is 4. The van der Waals surface area contributed by atoms with Crippen LogP contribution in [0.4, 0.5) is 10.5 Å². The number of rotatable bonds is 6. The topological polar surface area (TPSA) is 71.8 Å². The minimum Gasteiger partial charge on any atom is -0.331 e. The van der Waals surface area contributed by atoms with E-state index >= 15 is 0 Å². The van der Waals surface area contributed by atoms with Gasteiger partial charge < -0.3 is 15.2 Å². The number of hydrogen-bond donors (Lipinski definition) is 2. The van der Waals surface area contributed by atoms with Gasteiger partial charge in [-0.3, -0.25) is 0 Å². The van der Waals surface area contributed by atoms with Crippen molar-refractivity contribution in [3.05, 3.63) is 35.9 Å². The first-order chi connectivity index (χ1) is 12.5. The number of thioether (sulfide) groups is 1. The SMILES string of the molecule is O=C(NCc1nnc2n1CCC2)Nc1ccccc1SCC1CC1(Cl)Cl. The van der Waals surface area contributed by atoms with Gasteiger partial charge in [0.1, 0.15) is 10.2 Å². The molecule has 0 spiro atoms. The molecule has 1 aromatic carbocycles. The Morgan fingerprint density at radius 1 is 1.35 bits per heavy atom. The van der Waals surface area contributed by atoms with Crippen LogP contribution in [0.2, 0.25) is 0 Å². The van der Waals surface area contributed by atoms with E-state index in [1.165, 1.54) is 0 Å². The van der Waals surface area contributed by atoms with Gasteiger partial charge in [0.15, 0.2) is 5.82 Å². The van der Waals surface area contributed by atoms with Crippen LogP contribution in [0.1, 0.15) is 24.5 Å². The molecule has 2 amide bonds. The van der Waals surface area contributed by atoms with E-state index in [1.807, 2.05) is 24.3 Å². The Balaban J connectivity index is 1.32. The molecular formula is C17H19Cl2N5OS. The minimum atomic E-state index is -0.578. The molecule has 1 fully saturated rings. The lowest BCUT2D eigenvalue weighted by Gasteiger charge is -2.12. The van der Waals surface area contributed by atoms with Gasteiger partial charge in [0.05, 0.1) is 12.2 Å². The van der Waals surface area contributed by atoms with Crippen LogP contribution in [0.5, 0.6) is 0 Å². The maximum atomic E-state index is 12.3. The number of anilines is 1. The van der Waals surface area contributed by atoms with E-state index in [0.717, 1.165) is 53.8 Å². The lowest BCUT2D eigenvalue weighted by Crippen LogP contribution is -2.29. The fourth-order valence-corrected chi connectivity index (χ4v) is 4.95. The van der Waals surface area contributed by atoms with Gasteiger partial charge in [0.25, 0.3) is 0 Å². The number of amides is 2. The van der Waals surface area contributed by atoms with E-state index in [2.05, 4.69) is 25.4 Å². The van der Waals surface area contributed by atoms with Crippen molar-refractivity contribution in [2.24, 2.45) is 5.92 Å². The number of nitrogens with zero attached hydrogens (tertiary/aromatic N) is 3. The third-order valence-corrected chi connectivity index (χ3v) is 6.79. The molecule has 1 atom stereocenters. The first-order valence-electron chi connectivity index (χ1n) is 8.58. The first kappa shape index (κ1) is 17.9. The molecule has 1 aliphatic carbocycles. The number of aromatic nitrogens is 3. The second-order valence-corrected chi connectivity index (χ2v) is 9.17. The smallest absolute Gasteiger partial charge is 0.319 e. The summed E-state index contributed by atoms with van der Waals surface area (Å²) in [6.07, 6.45) is 2.86. The summed E-state index contributed by atoms with van der Waals surface area (Å²) in [6, 6.07) is 7.46. The summed E-state index contributed by atoms with van der Waals surface area (Å²) in [6.45, 7) is 1.28. The minimum absolute atomic E-state index is 0.260. The maximum absolute atomic E-state index is 12.3. The molecule has 1 aliphatic heterocycles. The van der Waals surface area contributed by atoms with Crippen LogP contribution in [-0.4, -0.2) is 30.9 Å². The summed E-state index contributed by atoms with van der Waals surface area (Å²) in [5.74, 6) is 2.93. The zero-order valence-electron chi connectivity index (χ0n) is 14.0. The van der Waals surface area contributed by atoms with Gasteiger partial charge in [-0.2, -0.15) is 0 Å². The zero-order valence-corrected chi connectivity index (χ0v) is 16.4. The second kappa shape index (κ2) is 7.29. The van der Waals surface area contributed by atoms with Crippen molar-refractivity contribution >= 4 is 46.7 Å². The van der Waals surface area contributed by atoms with Crippen LogP contribution in [0.25, 0.3) is 0 Å². The summed E-state index contributed by atoms with van der Waals surface area (Å²) < 4.78 is 1.50. The largest absolute Gasteiger partial charge is 0.331 e. The van der Waals surface area contributed by atoms with Gasteiger partial charge >= 0.3 is 6.03 Å². The van der Waals surface area contributed by atoms with Crippen molar-refractivity contribution in [1.29, 1.82) is 0 Å². The zero-order chi connectivity index (χ0) is 18.1. The predicted octanol–water partition coefficient (Wildman–Crippen LogP) is 3.83. The van der Waals surface area contributed by atoms with Crippen LogP contribution in [0.3, 0.4) is 0 Å². The van der Waals surface area contributed by atoms with E-state index in [-0.39, 0.29) is 6.03 Å². The highest BCUT2D eigenvalue weighted by atomic mass is 35.5. The number of carbonyl (C=O) groups is 1. The van der Waals surface area contributed by atoms with E-state index in [1.54, 1.807) is 11.8 Å². The van der Waals surface area contributed by atoms with Gasteiger partial charge in [-0.25, -0.2) is 4.79 Å². The number of nitrogens with one attached hydrogen (secondary N) is 2. The molecule has 1 unspecified atom stereocenters. The Morgan fingerprint density at radius 3 is 2.96 bits per heavy atom. The molecule has 0 saturated heterocycles. The molecular weight excluding hydrogens is 393 g/mol. The Labute approximate surface area is 166 Å². The van der Waals surface area contributed by atoms with Gasteiger partial charge in [0.2, 0.25) is 0 Å². The standard InChI is InChI=1S/C17H19Cl2N5OS/c18-17(19)8-11(17)10-26-13-5-2-1-4-12(13)21-16(25)20-9-15-23-22-14-6-3-7-24(14)15/h1-2,4-5,11H,3,6-10H2,(H2,20,21,25). The summed E-state index contributed by atoms with van der Waals surface area (Å²) >= 11 is 13.8. The molecule has 0 bridgehead atoms. The van der Waals surface area contributed by atoms with Crippen molar-refractivity contribution in [1.82, 2.24) is 20.1 Å². The Bertz CT molecular complexity index is 825. The van der Waals surface area contributed by atoms with Crippen molar-refractivity contribution in [3.63, 3.8) is 0 Å². The Hall–Kier alpha value is -1.44. The van der Waals surface area contributed by atoms with Crippen LogP contribution < -0.4 is 10.6 Å². The summed E-state index contributed by atoms with van der Waals surface area (Å²) in [7, 11) is 0. The summed E-state index contributed by atoms with van der Waals surface area (Å²) in [4.78, 5) is 13.3. The van der Waals surface area contributed by atoms with E-state index in [4.69, 9.17) is 23.2 Å². The maximum Gasteiger partial charge on any atom is 0.319 e. The fraction of sp³-hybridized carbons (Fsp3) is 0.471. The van der Waals surface area contributed by atoms with E-state index in [9.17, 15) is 4.79 Å². The lowest BCUT2D eigenvalue weighted by atomic mass is 10.3. The van der Waals surface area contributed by atoms with Gasteiger partial charge in [-0.15, -0.1) is 45.2 Å². The number of halogens is 2.